The maximum atomic E-state index is 9.02. The third kappa shape index (κ3) is 6.04. The number of para-hydroxylation sites is 4. The van der Waals surface area contributed by atoms with Crippen LogP contribution in [0.5, 0.6) is 11.5 Å². The van der Waals surface area contributed by atoms with Gasteiger partial charge in [-0.25, -0.2) is 4.98 Å². The zero-order valence-corrected chi connectivity index (χ0v) is 31.3. The second kappa shape index (κ2) is 14.5. The number of nitrogens with zero attached hydrogens (tertiary/aromatic N) is 4. The molecule has 0 N–H and O–H groups in total. The molecule has 0 fully saturated rings. The fourth-order valence-corrected chi connectivity index (χ4v) is 8.00. The summed E-state index contributed by atoms with van der Waals surface area (Å²) in [5.74, 6) is 1.84. The molecule has 0 unspecified atom stereocenters. The molecule has 0 atom stereocenters. The molecule has 278 valence electrons. The van der Waals surface area contributed by atoms with E-state index in [0.717, 1.165) is 39.4 Å². The first-order chi connectivity index (χ1) is 33.4. The lowest BCUT2D eigenvalue weighted by Gasteiger charge is -2.26. The summed E-state index contributed by atoms with van der Waals surface area (Å²) in [5.41, 5.74) is 8.47. The van der Waals surface area contributed by atoms with Crippen LogP contribution in [0.4, 0.5) is 17.2 Å². The molecule has 11 rings (SSSR count). The molecule has 0 spiro atoms. The van der Waals surface area contributed by atoms with E-state index in [-0.39, 0.29) is 27.9 Å². The van der Waals surface area contributed by atoms with Crippen molar-refractivity contribution in [3.8, 4) is 67.4 Å². The highest BCUT2D eigenvalue weighted by Gasteiger charge is 2.28. The highest BCUT2D eigenvalue weighted by molar-refractivity contribution is 6.02. The molecule has 0 radical (unpaired) electrons. The SMILES string of the molecule is [2H]c1c([2H])c([2H])c(-c2cccc(-c3c([2H])c([2H])c([2H])c([2H])c3[2H])c2-[n+]2cn(-c3cccc(Oc4ccc5c(c4)N(c4ccccn4)c4ccccc4-c4ccccc4-5)c3)c3ccccc32)c([2H])c1[2H]. The Hall–Kier alpha value is -8.02. The van der Waals surface area contributed by atoms with Gasteiger partial charge in [0.25, 0.3) is 6.33 Å². The van der Waals surface area contributed by atoms with Crippen LogP contribution in [-0.2, 0) is 0 Å². The fourth-order valence-electron chi connectivity index (χ4n) is 8.00. The minimum absolute atomic E-state index is 0.112. The summed E-state index contributed by atoms with van der Waals surface area (Å²) >= 11 is 0. The van der Waals surface area contributed by atoms with Crippen molar-refractivity contribution in [2.75, 3.05) is 4.90 Å². The summed E-state index contributed by atoms with van der Waals surface area (Å²) in [4.78, 5) is 6.94. The Bertz CT molecular complexity index is 3600. The number of pyridine rings is 1. The first kappa shape index (κ1) is 25.3. The standard InChI is InChI=1S/C54H37N4O/c1-3-17-38(18-4-1)43-26-16-27-44(39-19-5-2-6-20-39)54(43)57-37-56(50-29-11-12-30-51(50)57)40-21-15-22-41(35-40)59-42-32-33-48-46-24-8-7-23-45(46)47-25-9-10-28-49(47)58(52(48)36-42)53-31-13-14-34-55-53/h1-37H/q+1/i1D,2D,3D,4D,5D,6D,17D,18D,19D,20D. The van der Waals surface area contributed by atoms with Crippen LogP contribution in [0.3, 0.4) is 0 Å². The van der Waals surface area contributed by atoms with Crippen LogP contribution in [0.25, 0.3) is 66.9 Å². The van der Waals surface area contributed by atoms with Crippen LogP contribution in [0.1, 0.15) is 13.7 Å². The van der Waals surface area contributed by atoms with Crippen molar-refractivity contribution in [1.82, 2.24) is 9.55 Å². The summed E-state index contributed by atoms with van der Waals surface area (Å²) in [6.45, 7) is 0. The number of rotatable bonds is 7. The maximum absolute atomic E-state index is 9.02. The van der Waals surface area contributed by atoms with E-state index in [1.165, 1.54) is 0 Å². The molecule has 0 aliphatic carbocycles. The molecule has 0 bridgehead atoms. The van der Waals surface area contributed by atoms with Crippen molar-refractivity contribution >= 4 is 28.2 Å². The molecule has 0 saturated heterocycles. The van der Waals surface area contributed by atoms with Crippen LogP contribution in [0, 0.1) is 0 Å². The molecule has 5 nitrogen and oxygen atoms in total. The lowest BCUT2D eigenvalue weighted by Crippen LogP contribution is -2.30. The van der Waals surface area contributed by atoms with Crippen molar-refractivity contribution < 1.29 is 23.0 Å². The van der Waals surface area contributed by atoms with Gasteiger partial charge in [-0.05, 0) is 76.9 Å². The quantitative estimate of drug-likeness (QED) is 0.151. The lowest BCUT2D eigenvalue weighted by atomic mass is 9.95. The van der Waals surface area contributed by atoms with E-state index in [2.05, 4.69) is 35.2 Å². The topological polar surface area (TPSA) is 34.2 Å². The molecule has 0 saturated carbocycles. The Morgan fingerprint density at radius 2 is 1.10 bits per heavy atom. The molecular formula is C54H37N4O+. The van der Waals surface area contributed by atoms with Gasteiger partial charge >= 0.3 is 0 Å². The second-order valence-electron chi connectivity index (χ2n) is 13.9. The van der Waals surface area contributed by atoms with Crippen LogP contribution < -0.4 is 14.2 Å². The zero-order chi connectivity index (χ0) is 47.8. The van der Waals surface area contributed by atoms with Crippen LogP contribution in [0.2, 0.25) is 0 Å². The predicted molar refractivity (Wildman–Crippen MR) is 239 cm³/mol. The number of ether oxygens (including phenoxy) is 1. The summed E-state index contributed by atoms with van der Waals surface area (Å²) < 4.78 is 97.4. The molecule has 1 aliphatic rings. The predicted octanol–water partition coefficient (Wildman–Crippen LogP) is 13.5. The van der Waals surface area contributed by atoms with Gasteiger partial charge < -0.3 is 4.74 Å². The lowest BCUT2D eigenvalue weighted by molar-refractivity contribution is -0.566. The average molecular weight is 768 g/mol. The first-order valence-corrected chi connectivity index (χ1v) is 19.0. The molecule has 10 aromatic rings. The van der Waals surface area contributed by atoms with Gasteiger partial charge in [-0.3, -0.25) is 4.90 Å². The van der Waals surface area contributed by atoms with E-state index in [0.29, 0.717) is 28.2 Å². The van der Waals surface area contributed by atoms with Crippen molar-refractivity contribution in [1.29, 1.82) is 0 Å². The van der Waals surface area contributed by atoms with Crippen LogP contribution >= 0.6 is 0 Å². The van der Waals surface area contributed by atoms with Crippen molar-refractivity contribution in [2.24, 2.45) is 0 Å². The maximum Gasteiger partial charge on any atom is 0.255 e. The highest BCUT2D eigenvalue weighted by Crippen LogP contribution is 2.51. The fraction of sp³-hybridized carbons (Fsp3) is 0. The molecule has 0 amide bonds. The van der Waals surface area contributed by atoms with E-state index in [1.807, 2.05) is 108 Å². The Kier molecular flexibility index (Phi) is 6.21. The Balaban J connectivity index is 1.08. The summed E-state index contributed by atoms with van der Waals surface area (Å²) in [5, 5.41) is 0. The van der Waals surface area contributed by atoms with Crippen LogP contribution in [0.15, 0.2) is 225 Å². The third-order valence-corrected chi connectivity index (χ3v) is 10.5. The summed E-state index contributed by atoms with van der Waals surface area (Å²) in [6.07, 6.45) is 3.56. The van der Waals surface area contributed by atoms with Crippen molar-refractivity contribution in [3.05, 3.63) is 225 Å². The molecular weight excluding hydrogens is 721 g/mol. The monoisotopic (exact) mass is 767 g/mol. The zero-order valence-electron chi connectivity index (χ0n) is 41.3. The number of imidazole rings is 1. The summed E-state index contributed by atoms with van der Waals surface area (Å²) in [7, 11) is 0. The number of hydrogen-bond donors (Lipinski definition) is 0. The minimum Gasteiger partial charge on any atom is -0.457 e. The van der Waals surface area contributed by atoms with Gasteiger partial charge in [-0.1, -0.05) is 145 Å². The summed E-state index contributed by atoms with van der Waals surface area (Å²) in [6, 6.07) is 43.2. The molecule has 3 heterocycles. The largest absolute Gasteiger partial charge is 0.457 e. The Labute approximate surface area is 357 Å². The number of aromatic nitrogens is 3. The van der Waals surface area contributed by atoms with E-state index in [9.17, 15) is 0 Å². The molecule has 1 aliphatic heterocycles. The van der Waals surface area contributed by atoms with Crippen molar-refractivity contribution in [2.45, 2.75) is 0 Å². The number of fused-ring (bicyclic) bond motifs is 6. The van der Waals surface area contributed by atoms with E-state index < -0.39 is 60.4 Å². The smallest absolute Gasteiger partial charge is 0.255 e. The van der Waals surface area contributed by atoms with E-state index >= 15 is 0 Å². The second-order valence-corrected chi connectivity index (χ2v) is 13.9. The molecule has 59 heavy (non-hydrogen) atoms. The number of anilines is 3. The molecule has 2 aromatic heterocycles. The average Bonchev–Trinajstić information content (AvgIpc) is 3.71. The van der Waals surface area contributed by atoms with Gasteiger partial charge in [-0.15, -0.1) is 0 Å². The van der Waals surface area contributed by atoms with Gasteiger partial charge in [0, 0.05) is 40.6 Å². The van der Waals surface area contributed by atoms with Gasteiger partial charge in [0.05, 0.1) is 25.1 Å². The van der Waals surface area contributed by atoms with E-state index in [1.54, 1.807) is 35.3 Å². The number of benzene rings is 8. The Morgan fingerprint density at radius 1 is 0.492 bits per heavy atom. The third-order valence-electron chi connectivity index (χ3n) is 10.5. The molecule has 8 aromatic carbocycles. The van der Waals surface area contributed by atoms with Crippen molar-refractivity contribution in [3.63, 3.8) is 0 Å². The Morgan fingerprint density at radius 3 is 1.83 bits per heavy atom. The van der Waals surface area contributed by atoms with Crippen LogP contribution in [-0.4, -0.2) is 9.55 Å². The minimum atomic E-state index is -0.560. The van der Waals surface area contributed by atoms with E-state index in [4.69, 9.17) is 23.4 Å². The van der Waals surface area contributed by atoms with Gasteiger partial charge in [0.15, 0.2) is 11.0 Å². The molecule has 5 heteroatoms. The highest BCUT2D eigenvalue weighted by atomic mass is 16.5. The van der Waals surface area contributed by atoms with Gasteiger partial charge in [0.2, 0.25) is 0 Å². The first-order valence-electron chi connectivity index (χ1n) is 24.0. The van der Waals surface area contributed by atoms with Gasteiger partial charge in [0.1, 0.15) is 28.7 Å². The normalized spacial score (nSPS) is 14.1. The number of hydrogen-bond acceptors (Lipinski definition) is 3. The van der Waals surface area contributed by atoms with Gasteiger partial charge in [-0.2, -0.15) is 9.13 Å².